The number of hydrogen-bond donors (Lipinski definition) is 3. The number of para-hydroxylation sites is 1. The van der Waals surface area contributed by atoms with Crippen molar-refractivity contribution in [1.29, 1.82) is 0 Å². The lowest BCUT2D eigenvalue weighted by molar-refractivity contribution is 1.32. The number of H-pyrrole nitrogens is 2. The molecule has 0 aliphatic rings. The molecule has 0 aliphatic carbocycles. The Hall–Kier alpha value is -2.23. The Morgan fingerprint density at radius 3 is 2.67 bits per heavy atom. The van der Waals surface area contributed by atoms with Crippen molar-refractivity contribution < 1.29 is 0 Å². The summed E-state index contributed by atoms with van der Waals surface area (Å²) in [7, 11) is 0. The minimum absolute atomic E-state index is 0.434. The van der Waals surface area contributed by atoms with Crippen molar-refractivity contribution in [3.05, 3.63) is 36.5 Å². The zero-order valence-electron chi connectivity index (χ0n) is 7.99. The summed E-state index contributed by atoms with van der Waals surface area (Å²) >= 11 is 0. The van der Waals surface area contributed by atoms with Crippen LogP contribution in [0.5, 0.6) is 0 Å². The Morgan fingerprint density at radius 1 is 1.07 bits per heavy atom. The summed E-state index contributed by atoms with van der Waals surface area (Å²) in [4.78, 5) is 10.3. The molecule has 3 aromatic rings. The van der Waals surface area contributed by atoms with Crippen molar-refractivity contribution in [2.24, 2.45) is 0 Å². The fourth-order valence-corrected chi connectivity index (χ4v) is 1.69. The van der Waals surface area contributed by atoms with Gasteiger partial charge in [0.05, 0.1) is 17.6 Å². The first-order valence-corrected chi connectivity index (χ1v) is 4.71. The topological polar surface area (TPSA) is 70.5 Å². The highest BCUT2D eigenvalue weighted by Gasteiger charge is 2.04. The average Bonchev–Trinajstić information content (AvgIpc) is 2.82. The van der Waals surface area contributed by atoms with Gasteiger partial charge in [-0.3, -0.25) is 0 Å². The maximum Gasteiger partial charge on any atom is 0.197 e. The third-order valence-electron chi connectivity index (χ3n) is 2.42. The minimum atomic E-state index is 0.434. The third-order valence-corrected chi connectivity index (χ3v) is 2.42. The fourth-order valence-electron chi connectivity index (χ4n) is 1.69. The van der Waals surface area contributed by atoms with E-state index in [-0.39, 0.29) is 0 Å². The molecular formula is C11H10N4. The normalized spacial score (nSPS) is 10.9. The predicted octanol–water partition coefficient (Wildman–Crippen LogP) is 2.14. The molecule has 0 bridgehead atoms. The van der Waals surface area contributed by atoms with Gasteiger partial charge in [-0.1, -0.05) is 18.2 Å². The Bertz CT molecular complexity index is 573. The van der Waals surface area contributed by atoms with E-state index in [1.807, 2.05) is 18.2 Å². The quantitative estimate of drug-likeness (QED) is 0.560. The third kappa shape index (κ3) is 1.27. The van der Waals surface area contributed by atoms with Crippen molar-refractivity contribution in [2.75, 3.05) is 5.73 Å². The van der Waals surface area contributed by atoms with Crippen LogP contribution in [-0.2, 0) is 0 Å². The van der Waals surface area contributed by atoms with Crippen molar-refractivity contribution in [2.45, 2.75) is 0 Å². The molecule has 2 aromatic heterocycles. The molecule has 4 heteroatoms. The van der Waals surface area contributed by atoms with E-state index < -0.39 is 0 Å². The van der Waals surface area contributed by atoms with Crippen LogP contribution in [0.15, 0.2) is 36.5 Å². The first-order chi connectivity index (χ1) is 7.33. The van der Waals surface area contributed by atoms with Gasteiger partial charge in [0.15, 0.2) is 5.95 Å². The number of nitrogens with zero attached hydrogens (tertiary/aromatic N) is 1. The number of nitrogens with one attached hydrogen (secondary N) is 2. The summed E-state index contributed by atoms with van der Waals surface area (Å²) in [6, 6.07) is 10.2. The van der Waals surface area contributed by atoms with E-state index in [1.165, 1.54) is 5.39 Å². The SMILES string of the molecule is Nc1ncc(-c2cc3ccccc3[nH]2)[nH]1. The number of anilines is 1. The molecule has 4 N–H and O–H groups in total. The minimum Gasteiger partial charge on any atom is -0.369 e. The van der Waals surface area contributed by atoms with E-state index >= 15 is 0 Å². The lowest BCUT2D eigenvalue weighted by atomic mass is 10.2. The largest absolute Gasteiger partial charge is 0.369 e. The standard InChI is InChI=1S/C11H10N4/c12-11-13-6-10(15-11)9-5-7-3-1-2-4-8(7)14-9/h1-6,14H,(H3,12,13,15). The van der Waals surface area contributed by atoms with Crippen molar-refractivity contribution in [3.8, 4) is 11.4 Å². The first kappa shape index (κ1) is 8.11. The summed E-state index contributed by atoms with van der Waals surface area (Å²) in [5, 5.41) is 1.18. The molecule has 0 spiro atoms. The maximum atomic E-state index is 5.53. The van der Waals surface area contributed by atoms with Gasteiger partial charge in [-0.25, -0.2) is 4.98 Å². The number of hydrogen-bond acceptors (Lipinski definition) is 2. The van der Waals surface area contributed by atoms with Crippen LogP contribution in [0, 0.1) is 0 Å². The molecule has 0 atom stereocenters. The lowest BCUT2D eigenvalue weighted by Gasteiger charge is -1.89. The molecule has 0 amide bonds. The molecule has 2 heterocycles. The number of fused-ring (bicyclic) bond motifs is 1. The number of imidazole rings is 1. The number of aromatic amines is 2. The van der Waals surface area contributed by atoms with E-state index in [9.17, 15) is 0 Å². The zero-order valence-corrected chi connectivity index (χ0v) is 7.99. The highest BCUT2D eigenvalue weighted by Crippen LogP contribution is 2.22. The van der Waals surface area contributed by atoms with Crippen LogP contribution in [-0.4, -0.2) is 15.0 Å². The van der Waals surface area contributed by atoms with Crippen LogP contribution in [0.2, 0.25) is 0 Å². The summed E-state index contributed by atoms with van der Waals surface area (Å²) in [5.41, 5.74) is 8.55. The van der Waals surface area contributed by atoms with Crippen LogP contribution in [0.25, 0.3) is 22.3 Å². The number of nitrogens with two attached hydrogens (primary N) is 1. The van der Waals surface area contributed by atoms with E-state index in [0.717, 1.165) is 16.9 Å². The van der Waals surface area contributed by atoms with Crippen LogP contribution < -0.4 is 5.73 Å². The molecule has 15 heavy (non-hydrogen) atoms. The first-order valence-electron chi connectivity index (χ1n) is 4.71. The molecule has 4 nitrogen and oxygen atoms in total. The molecule has 0 saturated carbocycles. The maximum absolute atomic E-state index is 5.53. The number of nitrogen functional groups attached to an aromatic ring is 1. The van der Waals surface area contributed by atoms with Gasteiger partial charge in [-0.15, -0.1) is 0 Å². The molecule has 0 unspecified atom stereocenters. The van der Waals surface area contributed by atoms with Gasteiger partial charge < -0.3 is 15.7 Å². The van der Waals surface area contributed by atoms with Crippen LogP contribution in [0.1, 0.15) is 0 Å². The number of rotatable bonds is 1. The van der Waals surface area contributed by atoms with Crippen LogP contribution in [0.3, 0.4) is 0 Å². The fraction of sp³-hybridized carbons (Fsp3) is 0. The van der Waals surface area contributed by atoms with Crippen LogP contribution in [0.4, 0.5) is 5.95 Å². The van der Waals surface area contributed by atoms with Crippen molar-refractivity contribution in [3.63, 3.8) is 0 Å². The number of aromatic nitrogens is 3. The molecule has 0 saturated heterocycles. The van der Waals surface area contributed by atoms with Gasteiger partial charge in [-0.2, -0.15) is 0 Å². The van der Waals surface area contributed by atoms with Crippen LogP contribution >= 0.6 is 0 Å². The summed E-state index contributed by atoms with van der Waals surface area (Å²) in [5.74, 6) is 0.434. The van der Waals surface area contributed by atoms with Gasteiger partial charge in [-0.05, 0) is 12.1 Å². The molecule has 3 rings (SSSR count). The van der Waals surface area contributed by atoms with Crippen molar-refractivity contribution in [1.82, 2.24) is 15.0 Å². The monoisotopic (exact) mass is 198 g/mol. The average molecular weight is 198 g/mol. The van der Waals surface area contributed by atoms with Crippen molar-refractivity contribution >= 4 is 16.9 Å². The summed E-state index contributed by atoms with van der Waals surface area (Å²) in [6.07, 6.45) is 1.72. The van der Waals surface area contributed by atoms with Gasteiger partial charge in [0.25, 0.3) is 0 Å². The Balaban J connectivity index is 2.19. The Labute approximate surface area is 86.1 Å². The Kier molecular flexibility index (Phi) is 1.56. The second-order valence-electron chi connectivity index (χ2n) is 3.45. The summed E-state index contributed by atoms with van der Waals surface area (Å²) < 4.78 is 0. The van der Waals surface area contributed by atoms with E-state index in [2.05, 4.69) is 27.1 Å². The lowest BCUT2D eigenvalue weighted by Crippen LogP contribution is -1.85. The Morgan fingerprint density at radius 2 is 1.93 bits per heavy atom. The summed E-state index contributed by atoms with van der Waals surface area (Å²) in [6.45, 7) is 0. The second kappa shape index (κ2) is 2.88. The highest BCUT2D eigenvalue weighted by molar-refractivity contribution is 5.85. The van der Waals surface area contributed by atoms with E-state index in [1.54, 1.807) is 6.20 Å². The van der Waals surface area contributed by atoms with Gasteiger partial charge in [0, 0.05) is 10.9 Å². The van der Waals surface area contributed by atoms with Gasteiger partial charge in [0.1, 0.15) is 0 Å². The second-order valence-corrected chi connectivity index (χ2v) is 3.45. The molecular weight excluding hydrogens is 188 g/mol. The molecule has 1 aromatic carbocycles. The molecule has 0 aliphatic heterocycles. The number of benzene rings is 1. The highest BCUT2D eigenvalue weighted by atomic mass is 15.0. The van der Waals surface area contributed by atoms with Gasteiger partial charge >= 0.3 is 0 Å². The smallest absolute Gasteiger partial charge is 0.197 e. The van der Waals surface area contributed by atoms with Gasteiger partial charge in [0.2, 0.25) is 0 Å². The predicted molar refractivity (Wildman–Crippen MR) is 60.3 cm³/mol. The zero-order chi connectivity index (χ0) is 10.3. The van der Waals surface area contributed by atoms with E-state index in [0.29, 0.717) is 5.95 Å². The molecule has 74 valence electrons. The van der Waals surface area contributed by atoms with E-state index in [4.69, 9.17) is 5.73 Å². The molecule has 0 radical (unpaired) electrons. The molecule has 0 fully saturated rings.